The van der Waals surface area contributed by atoms with Gasteiger partial charge < -0.3 is 5.11 Å². The number of carboxylic acids is 1. The molecule has 126 valence electrons. The van der Waals surface area contributed by atoms with Crippen molar-refractivity contribution in [1.29, 1.82) is 0 Å². The third-order valence-electron chi connectivity index (χ3n) is 4.84. The average molecular weight is 349 g/mol. The van der Waals surface area contributed by atoms with Crippen molar-refractivity contribution in [3.8, 4) is 0 Å². The first-order valence-electron chi connectivity index (χ1n) is 7.01. The molecule has 3 rings (SSSR count). The minimum atomic E-state index is -4.27. The number of hydrogen-bond donors (Lipinski definition) is 2. The number of nitrogens with one attached hydrogen (secondary N) is 1. The first-order chi connectivity index (χ1) is 10.6. The molecule has 0 heterocycles. The molecule has 0 bridgehead atoms. The van der Waals surface area contributed by atoms with E-state index in [9.17, 15) is 26.4 Å². The Morgan fingerprint density at radius 1 is 1.30 bits per heavy atom. The summed E-state index contributed by atoms with van der Waals surface area (Å²) in [5.41, 5.74) is -1.62. The molecule has 0 radical (unpaired) electrons. The second-order valence-corrected chi connectivity index (χ2v) is 7.78. The molecule has 0 amide bonds. The second kappa shape index (κ2) is 4.94. The van der Waals surface area contributed by atoms with Gasteiger partial charge in [0.25, 0.3) is 5.92 Å². The number of benzene rings is 1. The minimum Gasteiger partial charge on any atom is -0.478 e. The normalized spacial score (nSPS) is 24.2. The highest BCUT2D eigenvalue weighted by molar-refractivity contribution is 7.89. The molecule has 1 aromatic carbocycles. The molecule has 2 aliphatic rings. The third kappa shape index (κ3) is 2.42. The summed E-state index contributed by atoms with van der Waals surface area (Å²) in [5, 5.41) is 8.82. The van der Waals surface area contributed by atoms with Crippen LogP contribution in [0.15, 0.2) is 23.1 Å². The van der Waals surface area contributed by atoms with Crippen molar-refractivity contribution in [3.63, 3.8) is 0 Å². The van der Waals surface area contributed by atoms with Crippen LogP contribution in [0, 0.1) is 17.2 Å². The number of rotatable bonds is 5. The Morgan fingerprint density at radius 3 is 2.43 bits per heavy atom. The van der Waals surface area contributed by atoms with Crippen LogP contribution in [0.5, 0.6) is 0 Å². The van der Waals surface area contributed by atoms with Crippen LogP contribution in [0.2, 0.25) is 0 Å². The predicted octanol–water partition coefficient (Wildman–Crippen LogP) is 2.24. The van der Waals surface area contributed by atoms with Gasteiger partial charge in [-0.1, -0.05) is 6.42 Å². The molecule has 2 N–H and O–H groups in total. The lowest BCUT2D eigenvalue weighted by molar-refractivity contribution is 0.0281. The maximum absolute atomic E-state index is 13.7. The SMILES string of the molecule is O=C(O)c1cc(F)cc(S(=O)(=O)NCC2C(F)(F)C23CCC3)c1. The topological polar surface area (TPSA) is 83.5 Å². The summed E-state index contributed by atoms with van der Waals surface area (Å²) in [5.74, 6) is -6.46. The van der Waals surface area contributed by atoms with Gasteiger partial charge in [0, 0.05) is 17.9 Å². The van der Waals surface area contributed by atoms with Gasteiger partial charge in [0.15, 0.2) is 0 Å². The average Bonchev–Trinajstić information content (AvgIpc) is 2.92. The quantitative estimate of drug-likeness (QED) is 0.854. The van der Waals surface area contributed by atoms with E-state index in [1.54, 1.807) is 0 Å². The largest absolute Gasteiger partial charge is 0.478 e. The zero-order chi connectivity index (χ0) is 17.0. The third-order valence-corrected chi connectivity index (χ3v) is 6.24. The number of halogens is 3. The molecule has 1 unspecified atom stereocenters. The fourth-order valence-electron chi connectivity index (χ4n) is 3.27. The van der Waals surface area contributed by atoms with Crippen LogP contribution in [0.4, 0.5) is 13.2 Å². The fraction of sp³-hybridized carbons (Fsp3) is 0.500. The monoisotopic (exact) mass is 349 g/mol. The Bertz CT molecular complexity index is 774. The standard InChI is InChI=1S/C14H14F3NO4S/c15-9-4-8(12(19)20)5-10(6-9)23(21,22)18-7-11-13(2-1-3-13)14(11,16)17/h4-6,11,18H,1-3,7H2,(H,19,20). The van der Waals surface area contributed by atoms with E-state index in [1.165, 1.54) is 0 Å². The van der Waals surface area contributed by atoms with Gasteiger partial charge in [-0.05, 0) is 31.0 Å². The van der Waals surface area contributed by atoms with Crippen LogP contribution >= 0.6 is 0 Å². The summed E-state index contributed by atoms with van der Waals surface area (Å²) in [6.07, 6.45) is 1.44. The van der Waals surface area contributed by atoms with E-state index in [2.05, 4.69) is 0 Å². The number of hydrogen-bond acceptors (Lipinski definition) is 3. The van der Waals surface area contributed by atoms with Gasteiger partial charge in [0.2, 0.25) is 10.0 Å². The summed E-state index contributed by atoms with van der Waals surface area (Å²) in [4.78, 5) is 10.2. The molecule has 0 aromatic heterocycles. The lowest BCUT2D eigenvalue weighted by Gasteiger charge is -2.26. The van der Waals surface area contributed by atoms with Gasteiger partial charge in [-0.2, -0.15) is 0 Å². The van der Waals surface area contributed by atoms with E-state index >= 15 is 0 Å². The minimum absolute atomic E-state index is 0.371. The van der Waals surface area contributed by atoms with Crippen molar-refractivity contribution in [2.75, 3.05) is 6.54 Å². The fourth-order valence-corrected chi connectivity index (χ4v) is 4.37. The summed E-state index contributed by atoms with van der Waals surface area (Å²) in [6, 6.07) is 2.12. The van der Waals surface area contributed by atoms with Crippen LogP contribution in [0.3, 0.4) is 0 Å². The molecule has 2 aliphatic carbocycles. The van der Waals surface area contributed by atoms with Gasteiger partial charge in [-0.3, -0.25) is 0 Å². The zero-order valence-corrected chi connectivity index (χ0v) is 12.7. The Labute approximate surface area is 130 Å². The van der Waals surface area contributed by atoms with E-state index < -0.39 is 56.1 Å². The van der Waals surface area contributed by atoms with Gasteiger partial charge in [-0.25, -0.2) is 31.1 Å². The first-order valence-corrected chi connectivity index (χ1v) is 8.50. The Balaban J connectivity index is 1.77. The molecular weight excluding hydrogens is 335 g/mol. The van der Waals surface area contributed by atoms with E-state index in [0.717, 1.165) is 6.07 Å². The van der Waals surface area contributed by atoms with Crippen LogP contribution < -0.4 is 4.72 Å². The molecule has 5 nitrogen and oxygen atoms in total. The molecule has 2 saturated carbocycles. The van der Waals surface area contributed by atoms with E-state index in [0.29, 0.717) is 31.4 Å². The molecule has 1 spiro atoms. The van der Waals surface area contributed by atoms with Crippen molar-refractivity contribution < 1.29 is 31.5 Å². The van der Waals surface area contributed by atoms with Crippen LogP contribution in [-0.4, -0.2) is 32.0 Å². The maximum Gasteiger partial charge on any atom is 0.335 e. The van der Waals surface area contributed by atoms with Crippen LogP contribution in [0.1, 0.15) is 29.6 Å². The van der Waals surface area contributed by atoms with Gasteiger partial charge in [0.1, 0.15) is 5.82 Å². The highest BCUT2D eigenvalue weighted by Gasteiger charge is 2.81. The number of carboxylic acid groups (broad SMARTS) is 1. The summed E-state index contributed by atoms with van der Waals surface area (Å²) in [6.45, 7) is -0.450. The summed E-state index contributed by atoms with van der Waals surface area (Å²) in [7, 11) is -4.27. The predicted molar refractivity (Wildman–Crippen MR) is 73.3 cm³/mol. The molecule has 0 aliphatic heterocycles. The van der Waals surface area contributed by atoms with Gasteiger partial charge >= 0.3 is 5.97 Å². The van der Waals surface area contributed by atoms with Crippen LogP contribution in [-0.2, 0) is 10.0 Å². The van der Waals surface area contributed by atoms with Crippen molar-refractivity contribution in [2.45, 2.75) is 30.1 Å². The Morgan fingerprint density at radius 2 is 1.96 bits per heavy atom. The highest BCUT2D eigenvalue weighted by atomic mass is 32.2. The zero-order valence-electron chi connectivity index (χ0n) is 11.9. The van der Waals surface area contributed by atoms with Crippen molar-refractivity contribution in [2.24, 2.45) is 11.3 Å². The molecule has 1 atom stereocenters. The lowest BCUT2D eigenvalue weighted by Crippen LogP contribution is -2.29. The molecule has 1 aromatic rings. The number of alkyl halides is 2. The van der Waals surface area contributed by atoms with E-state index in [4.69, 9.17) is 5.11 Å². The number of carbonyl (C=O) groups is 1. The summed E-state index contributed by atoms with van der Waals surface area (Å²) >= 11 is 0. The van der Waals surface area contributed by atoms with Gasteiger partial charge in [0.05, 0.1) is 10.5 Å². The lowest BCUT2D eigenvalue weighted by atomic mass is 9.79. The number of aromatic carboxylic acids is 1. The molecular formula is C14H14F3NO4S. The van der Waals surface area contributed by atoms with Crippen molar-refractivity contribution in [1.82, 2.24) is 4.72 Å². The number of sulfonamides is 1. The van der Waals surface area contributed by atoms with Crippen LogP contribution in [0.25, 0.3) is 0 Å². The summed E-state index contributed by atoms with van der Waals surface area (Å²) < 4.78 is 67.1. The Kier molecular flexibility index (Phi) is 3.49. The van der Waals surface area contributed by atoms with Crippen molar-refractivity contribution >= 4 is 16.0 Å². The second-order valence-electron chi connectivity index (χ2n) is 6.02. The first kappa shape index (κ1) is 16.3. The van der Waals surface area contributed by atoms with Gasteiger partial charge in [-0.15, -0.1) is 0 Å². The highest BCUT2D eigenvalue weighted by Crippen LogP contribution is 2.75. The molecule has 2 fully saturated rings. The molecule has 23 heavy (non-hydrogen) atoms. The van der Waals surface area contributed by atoms with E-state index in [-0.39, 0.29) is 0 Å². The van der Waals surface area contributed by atoms with Crippen molar-refractivity contribution in [3.05, 3.63) is 29.6 Å². The smallest absolute Gasteiger partial charge is 0.335 e. The molecule has 0 saturated heterocycles. The Hall–Kier alpha value is -1.61. The van der Waals surface area contributed by atoms with E-state index in [1.807, 2.05) is 4.72 Å². The maximum atomic E-state index is 13.7. The molecule has 9 heteroatoms.